The first-order valence-corrected chi connectivity index (χ1v) is 9.48. The second-order valence-electron chi connectivity index (χ2n) is 6.39. The zero-order chi connectivity index (χ0) is 18.5. The van der Waals surface area contributed by atoms with E-state index in [0.717, 1.165) is 34.9 Å². The average molecular weight is 372 g/mol. The molecule has 2 aromatic carbocycles. The molecule has 1 N–H and O–H groups in total. The molecule has 0 saturated heterocycles. The van der Waals surface area contributed by atoms with Crippen molar-refractivity contribution in [2.24, 2.45) is 0 Å². The molecule has 1 amide bonds. The smallest absolute Gasteiger partial charge is 0.242 e. The van der Waals surface area contributed by atoms with Crippen molar-refractivity contribution in [1.82, 2.24) is 4.90 Å². The van der Waals surface area contributed by atoms with Gasteiger partial charge in [-0.15, -0.1) is 11.8 Å². The molecule has 2 aromatic rings. The topological polar surface area (TPSA) is 50.8 Å². The van der Waals surface area contributed by atoms with Crippen molar-refractivity contribution in [2.45, 2.75) is 16.6 Å². The fourth-order valence-corrected chi connectivity index (χ4v) is 3.94. The number of ether oxygens (including phenoxy) is 2. The zero-order valence-electron chi connectivity index (χ0n) is 15.3. The highest BCUT2D eigenvalue weighted by atomic mass is 32.2. The maximum atomic E-state index is 12.7. The third kappa shape index (κ3) is 4.31. The Balaban J connectivity index is 1.84. The minimum absolute atomic E-state index is 0.0416. The predicted octanol–water partition coefficient (Wildman–Crippen LogP) is 3.81. The van der Waals surface area contributed by atoms with Gasteiger partial charge in [-0.2, -0.15) is 0 Å². The van der Waals surface area contributed by atoms with Gasteiger partial charge in [0.05, 0.1) is 19.4 Å². The summed E-state index contributed by atoms with van der Waals surface area (Å²) < 4.78 is 11.4. The summed E-state index contributed by atoms with van der Waals surface area (Å²) in [6.45, 7) is 1.56. The van der Waals surface area contributed by atoms with Crippen LogP contribution in [0.1, 0.15) is 17.2 Å². The van der Waals surface area contributed by atoms with Gasteiger partial charge in [0.2, 0.25) is 5.91 Å². The van der Waals surface area contributed by atoms with Crippen LogP contribution in [0.25, 0.3) is 0 Å². The SMILES string of the molecule is COc1ccc(OCCCN(C)C)c(C2Sc3ccccc3NC2=O)c1. The molecule has 0 aromatic heterocycles. The van der Waals surface area contributed by atoms with E-state index in [9.17, 15) is 4.79 Å². The van der Waals surface area contributed by atoms with E-state index < -0.39 is 0 Å². The lowest BCUT2D eigenvalue weighted by molar-refractivity contribution is -0.115. The fourth-order valence-electron chi connectivity index (χ4n) is 2.81. The number of fused-ring (bicyclic) bond motifs is 1. The van der Waals surface area contributed by atoms with Gasteiger partial charge in [-0.1, -0.05) is 12.1 Å². The van der Waals surface area contributed by atoms with Crippen LogP contribution >= 0.6 is 11.8 Å². The maximum Gasteiger partial charge on any atom is 0.242 e. The van der Waals surface area contributed by atoms with Crippen molar-refractivity contribution >= 4 is 23.4 Å². The van der Waals surface area contributed by atoms with Crippen LogP contribution in [0, 0.1) is 0 Å². The Hall–Kier alpha value is -2.18. The summed E-state index contributed by atoms with van der Waals surface area (Å²) in [5, 5.41) is 2.62. The first-order valence-electron chi connectivity index (χ1n) is 8.60. The standard InChI is InChI=1S/C20H24N2O3S/c1-22(2)11-6-12-25-17-10-9-14(24-3)13-15(17)19-20(23)21-16-7-4-5-8-18(16)26-19/h4-5,7-10,13,19H,6,11-12H2,1-3H3,(H,21,23). The van der Waals surface area contributed by atoms with E-state index in [1.807, 2.05) is 56.6 Å². The Bertz CT molecular complexity index is 779. The zero-order valence-corrected chi connectivity index (χ0v) is 16.1. The molecule has 0 saturated carbocycles. The van der Waals surface area contributed by atoms with Crippen molar-refractivity contribution in [3.63, 3.8) is 0 Å². The van der Waals surface area contributed by atoms with E-state index in [1.165, 1.54) is 11.8 Å². The second kappa shape index (κ2) is 8.47. The van der Waals surface area contributed by atoms with E-state index in [0.29, 0.717) is 12.4 Å². The summed E-state index contributed by atoms with van der Waals surface area (Å²) in [4.78, 5) is 15.9. The first kappa shape index (κ1) is 18.6. The second-order valence-corrected chi connectivity index (χ2v) is 7.54. The molecule has 0 spiro atoms. The summed E-state index contributed by atoms with van der Waals surface area (Å²) in [5.74, 6) is 1.41. The molecule has 0 fully saturated rings. The number of hydrogen-bond donors (Lipinski definition) is 1. The number of methoxy groups -OCH3 is 1. The van der Waals surface area contributed by atoms with Gasteiger partial charge in [-0.3, -0.25) is 4.79 Å². The number of anilines is 1. The molecule has 0 bridgehead atoms. The number of hydrogen-bond acceptors (Lipinski definition) is 5. The van der Waals surface area contributed by atoms with Crippen LogP contribution < -0.4 is 14.8 Å². The lowest BCUT2D eigenvalue weighted by Crippen LogP contribution is -2.23. The molecule has 0 aliphatic carbocycles. The summed E-state index contributed by atoms with van der Waals surface area (Å²) >= 11 is 1.54. The van der Waals surface area contributed by atoms with Gasteiger partial charge in [0, 0.05) is 17.0 Å². The lowest BCUT2D eigenvalue weighted by atomic mass is 10.1. The Morgan fingerprint density at radius 2 is 2.00 bits per heavy atom. The van der Waals surface area contributed by atoms with Gasteiger partial charge < -0.3 is 19.7 Å². The van der Waals surface area contributed by atoms with E-state index >= 15 is 0 Å². The van der Waals surface area contributed by atoms with Gasteiger partial charge in [-0.25, -0.2) is 0 Å². The first-order chi connectivity index (χ1) is 12.6. The summed E-state index contributed by atoms with van der Waals surface area (Å²) in [7, 11) is 5.71. The van der Waals surface area contributed by atoms with Gasteiger partial charge in [-0.05, 0) is 50.8 Å². The number of nitrogens with one attached hydrogen (secondary N) is 1. The normalized spacial score (nSPS) is 16.2. The highest BCUT2D eigenvalue weighted by Gasteiger charge is 2.31. The molecule has 26 heavy (non-hydrogen) atoms. The summed E-state index contributed by atoms with van der Waals surface area (Å²) in [6.07, 6.45) is 0.922. The van der Waals surface area contributed by atoms with Crippen molar-refractivity contribution in [3.8, 4) is 11.5 Å². The van der Waals surface area contributed by atoms with E-state index in [-0.39, 0.29) is 11.2 Å². The molecule has 5 nitrogen and oxygen atoms in total. The van der Waals surface area contributed by atoms with Crippen LogP contribution in [0.2, 0.25) is 0 Å². The Kier molecular flexibility index (Phi) is 6.06. The van der Waals surface area contributed by atoms with Crippen molar-refractivity contribution in [1.29, 1.82) is 0 Å². The monoisotopic (exact) mass is 372 g/mol. The van der Waals surface area contributed by atoms with Gasteiger partial charge in [0.25, 0.3) is 0 Å². The molecule has 0 radical (unpaired) electrons. The minimum atomic E-state index is -0.371. The van der Waals surface area contributed by atoms with Crippen LogP contribution in [0.15, 0.2) is 47.4 Å². The quantitative estimate of drug-likeness (QED) is 0.749. The fraction of sp³-hybridized carbons (Fsp3) is 0.350. The molecular weight excluding hydrogens is 348 g/mol. The van der Waals surface area contributed by atoms with Crippen molar-refractivity contribution in [2.75, 3.05) is 39.7 Å². The molecular formula is C20H24N2O3S. The number of para-hydroxylation sites is 1. The highest BCUT2D eigenvalue weighted by Crippen LogP contribution is 2.46. The summed E-state index contributed by atoms with van der Waals surface area (Å²) in [5.41, 5.74) is 1.70. The van der Waals surface area contributed by atoms with Gasteiger partial charge in [0.15, 0.2) is 0 Å². The number of carbonyl (C=O) groups excluding carboxylic acids is 1. The molecule has 3 rings (SSSR count). The van der Waals surface area contributed by atoms with E-state index in [1.54, 1.807) is 7.11 Å². The van der Waals surface area contributed by atoms with Gasteiger partial charge in [0.1, 0.15) is 16.7 Å². The number of rotatable bonds is 7. The van der Waals surface area contributed by atoms with Crippen LogP contribution in [-0.4, -0.2) is 45.2 Å². The Morgan fingerprint density at radius 3 is 2.77 bits per heavy atom. The summed E-state index contributed by atoms with van der Waals surface area (Å²) in [6, 6.07) is 13.5. The van der Waals surface area contributed by atoms with Crippen LogP contribution in [-0.2, 0) is 4.79 Å². The van der Waals surface area contributed by atoms with E-state index in [4.69, 9.17) is 9.47 Å². The Labute approximate surface area is 158 Å². The number of nitrogens with zero attached hydrogens (tertiary/aromatic N) is 1. The third-order valence-corrected chi connectivity index (χ3v) is 5.45. The average Bonchev–Trinajstić information content (AvgIpc) is 2.64. The Morgan fingerprint density at radius 1 is 1.19 bits per heavy atom. The highest BCUT2D eigenvalue weighted by molar-refractivity contribution is 8.00. The molecule has 1 atom stereocenters. The molecule has 1 aliphatic heterocycles. The maximum absolute atomic E-state index is 12.7. The molecule has 6 heteroatoms. The van der Waals surface area contributed by atoms with Crippen molar-refractivity contribution in [3.05, 3.63) is 48.0 Å². The van der Waals surface area contributed by atoms with Crippen LogP contribution in [0.5, 0.6) is 11.5 Å². The van der Waals surface area contributed by atoms with Gasteiger partial charge >= 0.3 is 0 Å². The predicted molar refractivity (Wildman–Crippen MR) is 105 cm³/mol. The lowest BCUT2D eigenvalue weighted by Gasteiger charge is -2.26. The molecule has 1 unspecified atom stereocenters. The molecule has 1 aliphatic rings. The number of thioether (sulfide) groups is 1. The van der Waals surface area contributed by atoms with E-state index in [2.05, 4.69) is 10.2 Å². The molecule has 138 valence electrons. The third-order valence-electron chi connectivity index (χ3n) is 4.13. The van der Waals surface area contributed by atoms with Crippen molar-refractivity contribution < 1.29 is 14.3 Å². The number of benzene rings is 2. The number of carbonyl (C=O) groups is 1. The van der Waals surface area contributed by atoms with Crippen LogP contribution in [0.3, 0.4) is 0 Å². The molecule has 1 heterocycles. The largest absolute Gasteiger partial charge is 0.497 e. The van der Waals surface area contributed by atoms with Crippen LogP contribution in [0.4, 0.5) is 5.69 Å². The number of amides is 1. The minimum Gasteiger partial charge on any atom is -0.497 e.